The van der Waals surface area contributed by atoms with Crippen molar-refractivity contribution in [3.05, 3.63) is 63.7 Å². The molecule has 0 spiro atoms. The van der Waals surface area contributed by atoms with Crippen LogP contribution in [0.25, 0.3) is 0 Å². The van der Waals surface area contributed by atoms with Crippen LogP contribution in [0.5, 0.6) is 0 Å². The first-order valence-corrected chi connectivity index (χ1v) is 9.32. The van der Waals surface area contributed by atoms with Gasteiger partial charge in [-0.2, -0.15) is 0 Å². The van der Waals surface area contributed by atoms with Crippen LogP contribution in [-0.2, 0) is 22.4 Å². The van der Waals surface area contributed by atoms with E-state index in [-0.39, 0.29) is 6.04 Å². The van der Waals surface area contributed by atoms with E-state index in [4.69, 9.17) is 11.6 Å². The Kier molecular flexibility index (Phi) is 5.62. The molecule has 0 aromatic heterocycles. The molecule has 3 rings (SSSR count). The molecule has 1 atom stereocenters. The van der Waals surface area contributed by atoms with Gasteiger partial charge in [-0.15, -0.1) is 0 Å². The number of halogens is 1. The highest BCUT2D eigenvalue weighted by atomic mass is 35.5. The molecule has 0 bridgehead atoms. The number of rotatable bonds is 3. The maximum Gasteiger partial charge on any atom is 0.313 e. The lowest BCUT2D eigenvalue weighted by molar-refractivity contribution is -0.136. The Morgan fingerprint density at radius 3 is 2.54 bits per heavy atom. The zero-order chi connectivity index (χ0) is 18.7. The fourth-order valence-electron chi connectivity index (χ4n) is 3.29. The predicted octanol–water partition coefficient (Wildman–Crippen LogP) is 4.34. The third kappa shape index (κ3) is 4.07. The number of amides is 2. The van der Waals surface area contributed by atoms with Gasteiger partial charge in [0.1, 0.15) is 0 Å². The van der Waals surface area contributed by atoms with Crippen LogP contribution in [-0.4, -0.2) is 11.8 Å². The summed E-state index contributed by atoms with van der Waals surface area (Å²) in [6.45, 7) is 3.69. The molecule has 2 aromatic carbocycles. The van der Waals surface area contributed by atoms with Crippen LogP contribution in [0.1, 0.15) is 48.1 Å². The second kappa shape index (κ2) is 7.92. The minimum atomic E-state index is -0.694. The predicted molar refractivity (Wildman–Crippen MR) is 104 cm³/mol. The molecule has 1 unspecified atom stereocenters. The number of benzene rings is 2. The fraction of sp³-hybridized carbons (Fsp3) is 0.333. The van der Waals surface area contributed by atoms with Crippen LogP contribution in [0, 0.1) is 6.92 Å². The average Bonchev–Trinajstić information content (AvgIpc) is 2.64. The smallest absolute Gasteiger partial charge is 0.313 e. The van der Waals surface area contributed by atoms with E-state index in [1.54, 1.807) is 25.1 Å². The summed E-state index contributed by atoms with van der Waals surface area (Å²) in [4.78, 5) is 24.5. The van der Waals surface area contributed by atoms with Crippen LogP contribution in [0.3, 0.4) is 0 Å². The summed E-state index contributed by atoms with van der Waals surface area (Å²) >= 11 is 6.05. The standard InChI is InChI=1S/C21H23ClN2O2/c1-13-18(22)8-5-9-19(13)24-21(26)20(25)23-14(2)16-11-10-15-6-3-4-7-17(15)12-16/h5,8-12,14H,3-4,6-7H2,1-2H3,(H,23,25)(H,24,26). The minimum absolute atomic E-state index is 0.235. The molecular formula is C21H23ClN2O2. The van der Waals surface area contributed by atoms with Crippen LogP contribution in [0.15, 0.2) is 36.4 Å². The van der Waals surface area contributed by atoms with E-state index in [1.165, 1.54) is 24.0 Å². The first-order chi connectivity index (χ1) is 12.5. The molecule has 26 heavy (non-hydrogen) atoms. The van der Waals surface area contributed by atoms with Gasteiger partial charge in [0.15, 0.2) is 0 Å². The molecule has 4 nitrogen and oxygen atoms in total. The van der Waals surface area contributed by atoms with E-state index < -0.39 is 11.8 Å². The topological polar surface area (TPSA) is 58.2 Å². The van der Waals surface area contributed by atoms with Crippen molar-refractivity contribution in [1.82, 2.24) is 5.32 Å². The van der Waals surface area contributed by atoms with Gasteiger partial charge in [-0.05, 0) is 73.9 Å². The molecule has 136 valence electrons. The summed E-state index contributed by atoms with van der Waals surface area (Å²) in [7, 11) is 0. The van der Waals surface area contributed by atoms with Crippen molar-refractivity contribution in [3.63, 3.8) is 0 Å². The van der Waals surface area contributed by atoms with Gasteiger partial charge in [0.2, 0.25) is 0 Å². The Labute approximate surface area is 158 Å². The molecule has 0 aliphatic heterocycles. The molecule has 2 amide bonds. The van der Waals surface area contributed by atoms with Crippen molar-refractivity contribution >= 4 is 29.1 Å². The van der Waals surface area contributed by atoms with Crippen molar-refractivity contribution in [2.24, 2.45) is 0 Å². The molecule has 0 radical (unpaired) electrons. The lowest BCUT2D eigenvalue weighted by Gasteiger charge is -2.20. The van der Waals surface area contributed by atoms with Crippen molar-refractivity contribution in [2.45, 2.75) is 45.6 Å². The third-order valence-corrected chi connectivity index (χ3v) is 5.35. The van der Waals surface area contributed by atoms with Crippen LogP contribution < -0.4 is 10.6 Å². The van der Waals surface area contributed by atoms with Crippen LogP contribution in [0.4, 0.5) is 5.69 Å². The molecule has 5 heteroatoms. The Morgan fingerprint density at radius 2 is 1.77 bits per heavy atom. The van der Waals surface area contributed by atoms with E-state index in [0.717, 1.165) is 24.0 Å². The zero-order valence-corrected chi connectivity index (χ0v) is 15.8. The van der Waals surface area contributed by atoms with E-state index >= 15 is 0 Å². The maximum atomic E-state index is 12.3. The number of hydrogen-bond acceptors (Lipinski definition) is 2. The number of hydrogen-bond donors (Lipinski definition) is 2. The molecule has 1 aliphatic rings. The summed E-state index contributed by atoms with van der Waals surface area (Å²) in [6.07, 6.45) is 4.65. The van der Waals surface area contributed by atoms with E-state index in [9.17, 15) is 9.59 Å². The number of aryl methyl sites for hydroxylation is 2. The Hall–Kier alpha value is -2.33. The third-order valence-electron chi connectivity index (χ3n) is 4.94. The van der Waals surface area contributed by atoms with E-state index in [1.807, 2.05) is 13.0 Å². The second-order valence-corrected chi connectivity index (χ2v) is 7.20. The largest absolute Gasteiger partial charge is 0.341 e. The van der Waals surface area contributed by atoms with Gasteiger partial charge < -0.3 is 10.6 Å². The average molecular weight is 371 g/mol. The minimum Gasteiger partial charge on any atom is -0.341 e. The molecule has 0 saturated carbocycles. The highest BCUT2D eigenvalue weighted by Gasteiger charge is 2.19. The summed E-state index contributed by atoms with van der Waals surface area (Å²) in [5.41, 5.74) is 5.05. The number of carbonyl (C=O) groups excluding carboxylic acids is 2. The summed E-state index contributed by atoms with van der Waals surface area (Å²) in [5.74, 6) is -1.35. The fourth-order valence-corrected chi connectivity index (χ4v) is 3.46. The lowest BCUT2D eigenvalue weighted by Crippen LogP contribution is -2.37. The quantitative estimate of drug-likeness (QED) is 0.789. The second-order valence-electron chi connectivity index (χ2n) is 6.80. The molecule has 1 aliphatic carbocycles. The van der Waals surface area contributed by atoms with E-state index in [2.05, 4.69) is 22.8 Å². The van der Waals surface area contributed by atoms with Gasteiger partial charge in [-0.25, -0.2) is 0 Å². The van der Waals surface area contributed by atoms with Crippen LogP contribution >= 0.6 is 11.6 Å². The molecule has 2 N–H and O–H groups in total. The van der Waals surface area contributed by atoms with Gasteiger partial charge in [0, 0.05) is 10.7 Å². The van der Waals surface area contributed by atoms with Gasteiger partial charge in [0.25, 0.3) is 0 Å². The Bertz CT molecular complexity index is 848. The number of nitrogens with one attached hydrogen (secondary N) is 2. The van der Waals surface area contributed by atoms with Crippen molar-refractivity contribution in [3.8, 4) is 0 Å². The van der Waals surface area contributed by atoms with Crippen molar-refractivity contribution in [1.29, 1.82) is 0 Å². The number of carbonyl (C=O) groups is 2. The first kappa shape index (κ1) is 18.5. The van der Waals surface area contributed by atoms with Gasteiger partial charge in [-0.3, -0.25) is 9.59 Å². The van der Waals surface area contributed by atoms with Gasteiger partial charge in [-0.1, -0.05) is 35.9 Å². The highest BCUT2D eigenvalue weighted by molar-refractivity contribution is 6.40. The molecule has 0 heterocycles. The Balaban J connectivity index is 1.65. The van der Waals surface area contributed by atoms with Gasteiger partial charge in [0.05, 0.1) is 6.04 Å². The van der Waals surface area contributed by atoms with Gasteiger partial charge >= 0.3 is 11.8 Å². The van der Waals surface area contributed by atoms with Crippen LogP contribution in [0.2, 0.25) is 5.02 Å². The molecule has 0 fully saturated rings. The molecule has 0 saturated heterocycles. The maximum absolute atomic E-state index is 12.3. The summed E-state index contributed by atoms with van der Waals surface area (Å²) in [6, 6.07) is 11.3. The molecular weight excluding hydrogens is 348 g/mol. The lowest BCUT2D eigenvalue weighted by atomic mass is 9.89. The van der Waals surface area contributed by atoms with Crippen molar-refractivity contribution in [2.75, 3.05) is 5.32 Å². The highest BCUT2D eigenvalue weighted by Crippen LogP contribution is 2.25. The Morgan fingerprint density at radius 1 is 1.04 bits per heavy atom. The summed E-state index contributed by atoms with van der Waals surface area (Å²) < 4.78 is 0. The number of fused-ring (bicyclic) bond motifs is 1. The SMILES string of the molecule is Cc1c(Cl)cccc1NC(=O)C(=O)NC(C)c1ccc2c(c1)CCCC2. The normalized spacial score (nSPS) is 14.3. The zero-order valence-electron chi connectivity index (χ0n) is 15.1. The van der Waals surface area contributed by atoms with E-state index in [0.29, 0.717) is 10.7 Å². The first-order valence-electron chi connectivity index (χ1n) is 8.94. The monoisotopic (exact) mass is 370 g/mol. The molecule has 2 aromatic rings. The van der Waals surface area contributed by atoms with Crippen molar-refractivity contribution < 1.29 is 9.59 Å². The summed E-state index contributed by atoms with van der Waals surface area (Å²) in [5, 5.41) is 5.94. The number of anilines is 1.